The van der Waals surface area contributed by atoms with Gasteiger partial charge in [-0.05, 0) is 6.42 Å². The van der Waals surface area contributed by atoms with Gasteiger partial charge in [-0.15, -0.1) is 0 Å². The van der Waals surface area contributed by atoms with Gasteiger partial charge in [-0.3, -0.25) is 0 Å². The van der Waals surface area contributed by atoms with Crippen LogP contribution in [0.5, 0.6) is 0 Å². The van der Waals surface area contributed by atoms with E-state index >= 15 is 0 Å². The molecule has 0 heterocycles. The highest BCUT2D eigenvalue weighted by molar-refractivity contribution is 9.09. The Morgan fingerprint density at radius 2 is 2.29 bits per heavy atom. The number of allylic oxidation sites excluding steroid dienone is 2. The standard InChI is InChI=1S/C10H13BrO3/c1-13-9-5-3-4-7(8(9)6-11)10(12)14-2/h4H,3,5-6H2,1-2H3. The predicted octanol–water partition coefficient (Wildman–Crippen LogP) is 2.17. The fourth-order valence-electron chi connectivity index (χ4n) is 1.46. The summed E-state index contributed by atoms with van der Waals surface area (Å²) in [5.41, 5.74) is 1.51. The lowest BCUT2D eigenvalue weighted by atomic mass is 9.97. The van der Waals surface area contributed by atoms with E-state index in [0.29, 0.717) is 10.9 Å². The molecule has 0 aromatic heterocycles. The summed E-state index contributed by atoms with van der Waals surface area (Å²) in [6.45, 7) is 0. The molecule has 1 aliphatic rings. The third-order valence-corrected chi connectivity index (χ3v) is 2.73. The molecule has 0 unspecified atom stereocenters. The first-order valence-electron chi connectivity index (χ1n) is 4.35. The Kier molecular flexibility index (Phi) is 4.20. The van der Waals surface area contributed by atoms with Crippen LogP contribution < -0.4 is 0 Å². The molecule has 1 rings (SSSR count). The highest BCUT2D eigenvalue weighted by Crippen LogP contribution is 2.27. The van der Waals surface area contributed by atoms with Crippen LogP contribution in [0.3, 0.4) is 0 Å². The van der Waals surface area contributed by atoms with E-state index in [0.717, 1.165) is 24.2 Å². The second-order valence-corrected chi connectivity index (χ2v) is 3.45. The number of ether oxygens (including phenoxy) is 2. The molecule has 0 aromatic carbocycles. The zero-order chi connectivity index (χ0) is 10.6. The second kappa shape index (κ2) is 5.20. The molecule has 0 amide bonds. The molecule has 0 radical (unpaired) electrons. The number of hydrogen-bond acceptors (Lipinski definition) is 3. The SMILES string of the molecule is COC(=O)C1=CCCC(OC)=C1CBr. The Balaban J connectivity index is 3.00. The van der Waals surface area contributed by atoms with E-state index in [1.807, 2.05) is 6.08 Å². The van der Waals surface area contributed by atoms with Crippen molar-refractivity contribution in [3.05, 3.63) is 23.0 Å². The van der Waals surface area contributed by atoms with Gasteiger partial charge in [0.05, 0.1) is 19.8 Å². The fourth-order valence-corrected chi connectivity index (χ4v) is 2.07. The first-order chi connectivity index (χ1) is 6.74. The van der Waals surface area contributed by atoms with Crippen molar-refractivity contribution in [2.45, 2.75) is 12.8 Å². The summed E-state index contributed by atoms with van der Waals surface area (Å²) in [6, 6.07) is 0. The van der Waals surface area contributed by atoms with Crippen LogP contribution in [0.15, 0.2) is 23.0 Å². The number of methoxy groups -OCH3 is 2. The Labute approximate surface area is 91.9 Å². The molecule has 0 spiro atoms. The van der Waals surface area contributed by atoms with Gasteiger partial charge in [0, 0.05) is 17.3 Å². The minimum atomic E-state index is -0.297. The zero-order valence-corrected chi connectivity index (χ0v) is 9.89. The number of alkyl halides is 1. The minimum Gasteiger partial charge on any atom is -0.501 e. The van der Waals surface area contributed by atoms with Gasteiger partial charge in [-0.1, -0.05) is 22.0 Å². The van der Waals surface area contributed by atoms with E-state index in [4.69, 9.17) is 9.47 Å². The predicted molar refractivity (Wildman–Crippen MR) is 57.2 cm³/mol. The van der Waals surface area contributed by atoms with Crippen LogP contribution in [0.4, 0.5) is 0 Å². The van der Waals surface area contributed by atoms with Crippen molar-refractivity contribution < 1.29 is 14.3 Å². The van der Waals surface area contributed by atoms with Crippen molar-refractivity contribution in [1.29, 1.82) is 0 Å². The molecule has 14 heavy (non-hydrogen) atoms. The lowest BCUT2D eigenvalue weighted by molar-refractivity contribution is -0.135. The monoisotopic (exact) mass is 260 g/mol. The van der Waals surface area contributed by atoms with E-state index < -0.39 is 0 Å². The molecule has 4 heteroatoms. The number of rotatable bonds is 3. The molecule has 0 fully saturated rings. The number of esters is 1. The van der Waals surface area contributed by atoms with Gasteiger partial charge in [0.1, 0.15) is 5.76 Å². The molecule has 1 aliphatic carbocycles. The van der Waals surface area contributed by atoms with Crippen molar-refractivity contribution in [3.8, 4) is 0 Å². The maximum Gasteiger partial charge on any atom is 0.337 e. The normalized spacial score (nSPS) is 16.4. The van der Waals surface area contributed by atoms with Crippen LogP contribution >= 0.6 is 15.9 Å². The summed E-state index contributed by atoms with van der Waals surface area (Å²) in [6.07, 6.45) is 3.56. The Morgan fingerprint density at radius 3 is 2.79 bits per heavy atom. The van der Waals surface area contributed by atoms with Gasteiger partial charge < -0.3 is 9.47 Å². The number of carbonyl (C=O) groups excluding carboxylic acids is 1. The van der Waals surface area contributed by atoms with Crippen LogP contribution in [0, 0.1) is 0 Å². The van der Waals surface area contributed by atoms with Crippen molar-refractivity contribution >= 4 is 21.9 Å². The number of carbonyl (C=O) groups is 1. The van der Waals surface area contributed by atoms with Crippen molar-refractivity contribution in [2.75, 3.05) is 19.5 Å². The maximum absolute atomic E-state index is 11.4. The molecule has 0 atom stereocenters. The van der Waals surface area contributed by atoms with E-state index in [9.17, 15) is 4.79 Å². The van der Waals surface area contributed by atoms with Gasteiger partial charge >= 0.3 is 5.97 Å². The average molecular weight is 261 g/mol. The largest absolute Gasteiger partial charge is 0.501 e. The molecule has 0 saturated carbocycles. The summed E-state index contributed by atoms with van der Waals surface area (Å²) < 4.78 is 9.92. The summed E-state index contributed by atoms with van der Waals surface area (Å²) >= 11 is 3.34. The Hall–Kier alpha value is -0.770. The smallest absolute Gasteiger partial charge is 0.337 e. The van der Waals surface area contributed by atoms with Crippen LogP contribution in [0.25, 0.3) is 0 Å². The molecule has 3 nitrogen and oxygen atoms in total. The molecule has 0 aliphatic heterocycles. The van der Waals surface area contributed by atoms with Gasteiger partial charge in [0.25, 0.3) is 0 Å². The third-order valence-electron chi connectivity index (χ3n) is 2.17. The fraction of sp³-hybridized carbons (Fsp3) is 0.500. The highest BCUT2D eigenvalue weighted by atomic mass is 79.9. The molecule has 0 saturated heterocycles. The van der Waals surface area contributed by atoms with Gasteiger partial charge in [-0.2, -0.15) is 0 Å². The summed E-state index contributed by atoms with van der Waals surface area (Å²) in [5, 5.41) is 0.608. The van der Waals surface area contributed by atoms with E-state index in [1.165, 1.54) is 7.11 Å². The Morgan fingerprint density at radius 1 is 1.57 bits per heavy atom. The van der Waals surface area contributed by atoms with E-state index in [1.54, 1.807) is 7.11 Å². The highest BCUT2D eigenvalue weighted by Gasteiger charge is 2.21. The third kappa shape index (κ3) is 2.18. The second-order valence-electron chi connectivity index (χ2n) is 2.89. The Bertz CT molecular complexity index is 292. The van der Waals surface area contributed by atoms with Crippen LogP contribution in [0.2, 0.25) is 0 Å². The first kappa shape index (κ1) is 11.3. The number of halogens is 1. The van der Waals surface area contributed by atoms with Crippen molar-refractivity contribution in [2.24, 2.45) is 0 Å². The van der Waals surface area contributed by atoms with E-state index in [2.05, 4.69) is 15.9 Å². The number of hydrogen-bond donors (Lipinski definition) is 0. The van der Waals surface area contributed by atoms with Gasteiger partial charge in [0.2, 0.25) is 0 Å². The van der Waals surface area contributed by atoms with Gasteiger partial charge in [-0.25, -0.2) is 4.79 Å². The van der Waals surface area contributed by atoms with Crippen molar-refractivity contribution in [3.63, 3.8) is 0 Å². The minimum absolute atomic E-state index is 0.297. The summed E-state index contributed by atoms with van der Waals surface area (Å²) in [7, 11) is 3.01. The lowest BCUT2D eigenvalue weighted by Gasteiger charge is -2.17. The van der Waals surface area contributed by atoms with E-state index in [-0.39, 0.29) is 5.97 Å². The topological polar surface area (TPSA) is 35.5 Å². The zero-order valence-electron chi connectivity index (χ0n) is 8.30. The summed E-state index contributed by atoms with van der Waals surface area (Å²) in [4.78, 5) is 11.4. The molecule has 0 aromatic rings. The first-order valence-corrected chi connectivity index (χ1v) is 5.47. The molecular weight excluding hydrogens is 248 g/mol. The lowest BCUT2D eigenvalue weighted by Crippen LogP contribution is -2.13. The van der Waals surface area contributed by atoms with Crippen LogP contribution in [0.1, 0.15) is 12.8 Å². The molecule has 0 N–H and O–H groups in total. The summed E-state index contributed by atoms with van der Waals surface area (Å²) in [5.74, 6) is 0.568. The quantitative estimate of drug-likeness (QED) is 0.577. The maximum atomic E-state index is 11.4. The van der Waals surface area contributed by atoms with Crippen LogP contribution in [-0.4, -0.2) is 25.5 Å². The molecular formula is C10H13BrO3. The average Bonchev–Trinajstić information content (AvgIpc) is 2.26. The van der Waals surface area contributed by atoms with Crippen LogP contribution in [-0.2, 0) is 14.3 Å². The van der Waals surface area contributed by atoms with Crippen molar-refractivity contribution in [1.82, 2.24) is 0 Å². The molecule has 0 bridgehead atoms. The molecule has 78 valence electrons. The van der Waals surface area contributed by atoms with Gasteiger partial charge in [0.15, 0.2) is 0 Å².